The lowest BCUT2D eigenvalue weighted by atomic mass is 10.0. The molecule has 3 nitrogen and oxygen atoms in total. The van der Waals surface area contributed by atoms with Gasteiger partial charge in [0.05, 0.1) is 0 Å². The average Bonchev–Trinajstić information content (AvgIpc) is 2.46. The molecule has 21 heavy (non-hydrogen) atoms. The van der Waals surface area contributed by atoms with Gasteiger partial charge in [0.25, 0.3) is 0 Å². The maximum absolute atomic E-state index is 11.2. The normalized spacial score (nSPS) is 12.1. The molecular weight excluding hydrogens is 260 g/mol. The van der Waals surface area contributed by atoms with Crippen LogP contribution in [-0.2, 0) is 6.54 Å². The highest BCUT2D eigenvalue weighted by atomic mass is 16.1. The highest BCUT2D eigenvalue weighted by Gasteiger charge is 2.09. The molecule has 0 aliphatic heterocycles. The van der Waals surface area contributed by atoms with Gasteiger partial charge in [-0.25, -0.2) is 0 Å². The van der Waals surface area contributed by atoms with Gasteiger partial charge in [-0.15, -0.1) is 0 Å². The number of carbonyl (C=O) groups excluding carboxylic acids is 1. The van der Waals surface area contributed by atoms with Crippen LogP contribution in [0.1, 0.15) is 45.6 Å². The Labute approximate surface area is 126 Å². The first-order chi connectivity index (χ1) is 9.99. The van der Waals surface area contributed by atoms with Crippen molar-refractivity contribution in [1.82, 2.24) is 5.32 Å². The van der Waals surface area contributed by atoms with Gasteiger partial charge in [0, 0.05) is 18.2 Å². The molecule has 3 heteroatoms. The predicted molar refractivity (Wildman–Crippen MR) is 86.1 cm³/mol. The molecule has 0 aliphatic carbocycles. The Bertz CT molecular complexity index is 649. The van der Waals surface area contributed by atoms with Crippen molar-refractivity contribution < 1.29 is 4.79 Å². The van der Waals surface area contributed by atoms with E-state index >= 15 is 0 Å². The molecular formula is C18H22N2O. The molecule has 2 aromatic carbocycles. The average molecular weight is 282 g/mol. The second kappa shape index (κ2) is 6.55. The van der Waals surface area contributed by atoms with Crippen molar-refractivity contribution in [3.63, 3.8) is 0 Å². The van der Waals surface area contributed by atoms with E-state index in [1.54, 1.807) is 6.07 Å². The molecule has 0 bridgehead atoms. The van der Waals surface area contributed by atoms with E-state index in [0.717, 1.165) is 12.1 Å². The summed E-state index contributed by atoms with van der Waals surface area (Å²) in [6, 6.07) is 14.3. The van der Waals surface area contributed by atoms with Gasteiger partial charge < -0.3 is 11.1 Å². The molecule has 0 saturated heterocycles. The van der Waals surface area contributed by atoms with Gasteiger partial charge in [-0.05, 0) is 55.2 Å². The highest BCUT2D eigenvalue weighted by molar-refractivity contribution is 5.93. The number of nitrogens with one attached hydrogen (secondary N) is 1. The Morgan fingerprint density at radius 2 is 1.86 bits per heavy atom. The van der Waals surface area contributed by atoms with Gasteiger partial charge in [-0.1, -0.05) is 30.3 Å². The van der Waals surface area contributed by atoms with Crippen molar-refractivity contribution in [2.24, 2.45) is 5.73 Å². The summed E-state index contributed by atoms with van der Waals surface area (Å²) in [7, 11) is 0. The zero-order valence-electron chi connectivity index (χ0n) is 12.8. The molecule has 1 amide bonds. The van der Waals surface area contributed by atoms with Crippen LogP contribution in [0.2, 0.25) is 0 Å². The molecule has 2 aromatic rings. The highest BCUT2D eigenvalue weighted by Crippen LogP contribution is 2.18. The fourth-order valence-corrected chi connectivity index (χ4v) is 2.49. The zero-order valence-corrected chi connectivity index (χ0v) is 12.8. The van der Waals surface area contributed by atoms with Crippen molar-refractivity contribution in [3.8, 4) is 0 Å². The summed E-state index contributed by atoms with van der Waals surface area (Å²) in [5.41, 5.74) is 10.7. The van der Waals surface area contributed by atoms with E-state index in [9.17, 15) is 4.79 Å². The molecule has 0 fully saturated rings. The topological polar surface area (TPSA) is 55.1 Å². The SMILES string of the molecule is Cc1cc(C(N)=O)ccc1CN[C@H](C)c1ccccc1C. The molecule has 0 aliphatic rings. The molecule has 0 radical (unpaired) electrons. The molecule has 3 N–H and O–H groups in total. The van der Waals surface area contributed by atoms with Crippen molar-refractivity contribution in [2.45, 2.75) is 33.4 Å². The molecule has 0 heterocycles. The smallest absolute Gasteiger partial charge is 0.248 e. The largest absolute Gasteiger partial charge is 0.366 e. The molecule has 110 valence electrons. The van der Waals surface area contributed by atoms with E-state index in [2.05, 4.69) is 43.4 Å². The van der Waals surface area contributed by atoms with E-state index < -0.39 is 0 Å². The van der Waals surface area contributed by atoms with Crippen LogP contribution in [0.5, 0.6) is 0 Å². The Morgan fingerprint density at radius 1 is 1.14 bits per heavy atom. The number of aryl methyl sites for hydroxylation is 2. The Morgan fingerprint density at radius 3 is 2.48 bits per heavy atom. The van der Waals surface area contributed by atoms with E-state index in [-0.39, 0.29) is 11.9 Å². The van der Waals surface area contributed by atoms with Gasteiger partial charge in [-0.3, -0.25) is 4.79 Å². The predicted octanol–water partition coefficient (Wildman–Crippen LogP) is 3.25. The third-order valence-electron chi connectivity index (χ3n) is 3.88. The number of hydrogen-bond acceptors (Lipinski definition) is 2. The summed E-state index contributed by atoms with van der Waals surface area (Å²) in [5.74, 6) is -0.383. The maximum atomic E-state index is 11.2. The third kappa shape index (κ3) is 3.70. The fraction of sp³-hybridized carbons (Fsp3) is 0.278. The first kappa shape index (κ1) is 15.3. The van der Waals surface area contributed by atoms with Crippen LogP contribution in [-0.4, -0.2) is 5.91 Å². The van der Waals surface area contributed by atoms with Crippen molar-refractivity contribution in [2.75, 3.05) is 0 Å². The molecule has 0 saturated carbocycles. The van der Waals surface area contributed by atoms with Gasteiger partial charge in [0.15, 0.2) is 0 Å². The summed E-state index contributed by atoms with van der Waals surface area (Å²) < 4.78 is 0. The quantitative estimate of drug-likeness (QED) is 0.884. The molecule has 2 rings (SSSR count). The minimum atomic E-state index is -0.383. The summed E-state index contributed by atoms with van der Waals surface area (Å²) in [6.07, 6.45) is 0. The minimum absolute atomic E-state index is 0.279. The number of hydrogen-bond donors (Lipinski definition) is 2. The number of nitrogens with two attached hydrogens (primary N) is 1. The van der Waals surface area contributed by atoms with Crippen molar-refractivity contribution in [3.05, 3.63) is 70.3 Å². The second-order valence-electron chi connectivity index (χ2n) is 5.46. The lowest BCUT2D eigenvalue weighted by molar-refractivity contribution is 0.1000. The number of carbonyl (C=O) groups is 1. The fourth-order valence-electron chi connectivity index (χ4n) is 2.49. The van der Waals surface area contributed by atoms with Crippen molar-refractivity contribution in [1.29, 1.82) is 0 Å². The van der Waals surface area contributed by atoms with Crippen LogP contribution in [0.3, 0.4) is 0 Å². The molecule has 0 unspecified atom stereocenters. The summed E-state index contributed by atoms with van der Waals surface area (Å²) in [5, 5.41) is 3.53. The van der Waals surface area contributed by atoms with E-state index in [0.29, 0.717) is 5.56 Å². The second-order valence-corrected chi connectivity index (χ2v) is 5.46. The monoisotopic (exact) mass is 282 g/mol. The molecule has 1 atom stereocenters. The number of benzene rings is 2. The van der Waals surface area contributed by atoms with Gasteiger partial charge in [0.2, 0.25) is 5.91 Å². The number of primary amides is 1. The van der Waals surface area contributed by atoms with Crippen LogP contribution < -0.4 is 11.1 Å². The summed E-state index contributed by atoms with van der Waals surface area (Å²) in [4.78, 5) is 11.2. The van der Waals surface area contributed by atoms with Gasteiger partial charge in [-0.2, -0.15) is 0 Å². The Balaban J connectivity index is 2.06. The third-order valence-corrected chi connectivity index (χ3v) is 3.88. The number of rotatable bonds is 5. The number of amides is 1. The Kier molecular flexibility index (Phi) is 4.76. The zero-order chi connectivity index (χ0) is 15.4. The lowest BCUT2D eigenvalue weighted by Crippen LogP contribution is -2.19. The van der Waals surface area contributed by atoms with Gasteiger partial charge >= 0.3 is 0 Å². The Hall–Kier alpha value is -2.13. The van der Waals surface area contributed by atoms with Crippen LogP contribution in [0.15, 0.2) is 42.5 Å². The minimum Gasteiger partial charge on any atom is -0.366 e. The van der Waals surface area contributed by atoms with Crippen LogP contribution in [0.4, 0.5) is 0 Å². The first-order valence-electron chi connectivity index (χ1n) is 7.17. The van der Waals surface area contributed by atoms with Crippen molar-refractivity contribution >= 4 is 5.91 Å². The lowest BCUT2D eigenvalue weighted by Gasteiger charge is -2.17. The van der Waals surface area contributed by atoms with E-state index in [1.807, 2.05) is 19.1 Å². The van der Waals surface area contributed by atoms with Gasteiger partial charge in [0.1, 0.15) is 0 Å². The summed E-state index contributed by atoms with van der Waals surface area (Å²) >= 11 is 0. The first-order valence-corrected chi connectivity index (χ1v) is 7.17. The van der Waals surface area contributed by atoms with E-state index in [1.165, 1.54) is 16.7 Å². The molecule has 0 aromatic heterocycles. The maximum Gasteiger partial charge on any atom is 0.248 e. The standard InChI is InChI=1S/C18H22N2O/c1-12-6-4-5-7-17(12)14(3)20-11-16-9-8-15(18(19)21)10-13(16)2/h4-10,14,20H,11H2,1-3H3,(H2,19,21)/t14-/m1/s1. The van der Waals surface area contributed by atoms with Crippen LogP contribution in [0.25, 0.3) is 0 Å². The summed E-state index contributed by atoms with van der Waals surface area (Å²) in [6.45, 7) is 7.05. The van der Waals surface area contributed by atoms with Crippen LogP contribution in [0, 0.1) is 13.8 Å². The van der Waals surface area contributed by atoms with E-state index in [4.69, 9.17) is 5.73 Å². The van der Waals surface area contributed by atoms with Crippen LogP contribution >= 0.6 is 0 Å². The molecule has 0 spiro atoms.